The van der Waals surface area contributed by atoms with Crippen molar-refractivity contribution in [3.8, 4) is 11.3 Å². The number of carbonyl (C=O) groups is 3. The number of halogens is 2. The molecule has 1 heterocycles. The number of nitrogens with zero attached hydrogens (tertiary/aromatic N) is 1. The Hall–Kier alpha value is -4.41. The first-order valence-corrected chi connectivity index (χ1v) is 16.7. The lowest BCUT2D eigenvalue weighted by Crippen LogP contribution is -2.30. The van der Waals surface area contributed by atoms with E-state index in [1.807, 2.05) is 30.5 Å². The van der Waals surface area contributed by atoms with Gasteiger partial charge in [-0.05, 0) is 66.6 Å². The first kappa shape index (κ1) is 33.0. The molecular formula is C35H28Cl2N4O3S2. The molecule has 11 heteroatoms. The quantitative estimate of drug-likeness (QED) is 0.0951. The molecule has 0 bridgehead atoms. The molecular weight excluding hydrogens is 659 g/mol. The van der Waals surface area contributed by atoms with Crippen molar-refractivity contribution in [1.82, 2.24) is 10.3 Å². The third-order valence-electron chi connectivity index (χ3n) is 6.64. The van der Waals surface area contributed by atoms with Crippen LogP contribution < -0.4 is 16.0 Å². The number of amides is 3. The second-order valence-electron chi connectivity index (χ2n) is 9.93. The van der Waals surface area contributed by atoms with Gasteiger partial charge in [0.1, 0.15) is 5.70 Å². The third kappa shape index (κ3) is 8.86. The van der Waals surface area contributed by atoms with Crippen LogP contribution in [0.1, 0.15) is 29.3 Å². The predicted molar refractivity (Wildman–Crippen MR) is 190 cm³/mol. The standard InChI is InChI=1S/C35H28Cl2N4O3S2/c1-2-31(34(44)41-35-40-30(21-45-35)22-15-17-25(36)18-16-22)46-27-13-8-12-26(20-27)38-33(43)29(19-24-11-6-7-14-28(24)37)39-32(42)23-9-4-3-5-10-23/h3-21,31H,2H2,1H3,(H,38,43)(H,39,42)(H,40,41,44)/b29-19+. The number of hydrogen-bond donors (Lipinski definition) is 3. The zero-order valence-corrected chi connectivity index (χ0v) is 27.6. The summed E-state index contributed by atoms with van der Waals surface area (Å²) in [4.78, 5) is 45.0. The predicted octanol–water partition coefficient (Wildman–Crippen LogP) is 9.04. The van der Waals surface area contributed by atoms with E-state index in [-0.39, 0.29) is 11.6 Å². The summed E-state index contributed by atoms with van der Waals surface area (Å²) in [5.74, 6) is -1.14. The minimum Gasteiger partial charge on any atom is -0.321 e. The molecule has 0 fully saturated rings. The van der Waals surface area contributed by atoms with Gasteiger partial charge in [0.15, 0.2) is 5.13 Å². The van der Waals surface area contributed by atoms with Crippen LogP contribution in [-0.4, -0.2) is 28.0 Å². The van der Waals surface area contributed by atoms with E-state index in [2.05, 4.69) is 20.9 Å². The van der Waals surface area contributed by atoms with Gasteiger partial charge in [0.2, 0.25) is 5.91 Å². The van der Waals surface area contributed by atoms with Gasteiger partial charge in [-0.3, -0.25) is 14.4 Å². The van der Waals surface area contributed by atoms with Crippen molar-refractivity contribution in [2.75, 3.05) is 10.6 Å². The molecule has 1 atom stereocenters. The fourth-order valence-corrected chi connectivity index (χ4v) is 6.34. The fourth-order valence-electron chi connectivity index (χ4n) is 4.29. The summed E-state index contributed by atoms with van der Waals surface area (Å²) in [7, 11) is 0. The van der Waals surface area contributed by atoms with Crippen LogP contribution in [0.15, 0.2) is 119 Å². The molecule has 0 aliphatic carbocycles. The number of benzene rings is 4. The van der Waals surface area contributed by atoms with Gasteiger partial charge in [0.25, 0.3) is 11.8 Å². The molecule has 0 radical (unpaired) electrons. The van der Waals surface area contributed by atoms with E-state index in [0.717, 1.165) is 16.2 Å². The maximum absolute atomic E-state index is 13.5. The smallest absolute Gasteiger partial charge is 0.272 e. The van der Waals surface area contributed by atoms with Gasteiger partial charge < -0.3 is 16.0 Å². The number of rotatable bonds is 11. The lowest BCUT2D eigenvalue weighted by Gasteiger charge is -2.15. The average Bonchev–Trinajstić information content (AvgIpc) is 3.53. The first-order chi connectivity index (χ1) is 22.3. The zero-order chi connectivity index (χ0) is 32.5. The fraction of sp³-hybridized carbons (Fsp3) is 0.0857. The Bertz CT molecular complexity index is 1880. The summed E-state index contributed by atoms with van der Waals surface area (Å²) in [6.45, 7) is 1.94. The summed E-state index contributed by atoms with van der Waals surface area (Å²) in [6.07, 6.45) is 2.10. The molecule has 232 valence electrons. The highest BCUT2D eigenvalue weighted by Crippen LogP contribution is 2.31. The monoisotopic (exact) mass is 686 g/mol. The maximum Gasteiger partial charge on any atom is 0.272 e. The van der Waals surface area contributed by atoms with Crippen molar-refractivity contribution < 1.29 is 14.4 Å². The van der Waals surface area contributed by atoms with E-state index in [0.29, 0.717) is 38.4 Å². The van der Waals surface area contributed by atoms with Gasteiger partial charge in [0, 0.05) is 37.1 Å². The second kappa shape index (κ2) is 15.7. The van der Waals surface area contributed by atoms with Gasteiger partial charge in [-0.1, -0.05) is 84.7 Å². The number of aromatic nitrogens is 1. The summed E-state index contributed by atoms with van der Waals surface area (Å²) < 4.78 is 0. The van der Waals surface area contributed by atoms with E-state index < -0.39 is 17.1 Å². The molecule has 0 aliphatic rings. The van der Waals surface area contributed by atoms with Gasteiger partial charge in [-0.15, -0.1) is 23.1 Å². The molecule has 46 heavy (non-hydrogen) atoms. The van der Waals surface area contributed by atoms with Crippen molar-refractivity contribution in [3.63, 3.8) is 0 Å². The second-order valence-corrected chi connectivity index (χ2v) is 12.9. The highest BCUT2D eigenvalue weighted by Gasteiger charge is 2.21. The van der Waals surface area contributed by atoms with E-state index in [4.69, 9.17) is 23.2 Å². The number of hydrogen-bond acceptors (Lipinski definition) is 6. The molecule has 1 aromatic heterocycles. The van der Waals surface area contributed by atoms with Crippen molar-refractivity contribution in [2.45, 2.75) is 23.5 Å². The molecule has 4 aromatic carbocycles. The van der Waals surface area contributed by atoms with Crippen LogP contribution in [0.2, 0.25) is 10.0 Å². The maximum atomic E-state index is 13.5. The largest absolute Gasteiger partial charge is 0.321 e. The Labute approximate surface area is 285 Å². The average molecular weight is 688 g/mol. The first-order valence-electron chi connectivity index (χ1n) is 14.2. The van der Waals surface area contributed by atoms with Gasteiger partial charge >= 0.3 is 0 Å². The van der Waals surface area contributed by atoms with Crippen LogP contribution in [0.4, 0.5) is 10.8 Å². The van der Waals surface area contributed by atoms with E-state index >= 15 is 0 Å². The van der Waals surface area contributed by atoms with E-state index in [9.17, 15) is 14.4 Å². The molecule has 5 rings (SSSR count). The Morgan fingerprint density at radius 1 is 0.891 bits per heavy atom. The molecule has 0 saturated carbocycles. The third-order valence-corrected chi connectivity index (χ3v) is 9.35. The van der Waals surface area contributed by atoms with Crippen molar-refractivity contribution in [2.24, 2.45) is 0 Å². The Kier molecular flexibility index (Phi) is 11.3. The summed E-state index contributed by atoms with van der Waals surface area (Å²) in [6, 6.07) is 30.2. The molecule has 0 aliphatic heterocycles. The van der Waals surface area contributed by atoms with Crippen LogP contribution in [0.3, 0.4) is 0 Å². The normalized spacial score (nSPS) is 11.8. The molecule has 5 aromatic rings. The zero-order valence-electron chi connectivity index (χ0n) is 24.5. The Balaban J connectivity index is 1.28. The van der Waals surface area contributed by atoms with Crippen LogP contribution in [0.25, 0.3) is 17.3 Å². The van der Waals surface area contributed by atoms with Crippen molar-refractivity contribution in [1.29, 1.82) is 0 Å². The minimum absolute atomic E-state index is 0.0206. The number of anilines is 2. The summed E-state index contributed by atoms with van der Waals surface area (Å²) in [5.41, 5.74) is 3.16. The summed E-state index contributed by atoms with van der Waals surface area (Å²) >= 11 is 15.1. The molecule has 1 unspecified atom stereocenters. The number of nitrogens with one attached hydrogen (secondary N) is 3. The highest BCUT2D eigenvalue weighted by atomic mass is 35.5. The summed E-state index contributed by atoms with van der Waals surface area (Å²) in [5, 5.41) is 11.6. The van der Waals surface area contributed by atoms with Crippen molar-refractivity contribution >= 4 is 80.9 Å². The van der Waals surface area contributed by atoms with Crippen LogP contribution in [-0.2, 0) is 9.59 Å². The molecule has 7 nitrogen and oxygen atoms in total. The highest BCUT2D eigenvalue weighted by molar-refractivity contribution is 8.00. The SMILES string of the molecule is CCC(Sc1cccc(NC(=O)/C(=C\c2ccccc2Cl)NC(=O)c2ccccc2)c1)C(=O)Nc1nc(-c2ccc(Cl)cc2)cs1. The van der Waals surface area contributed by atoms with Crippen LogP contribution in [0, 0.1) is 0 Å². The van der Waals surface area contributed by atoms with Gasteiger partial charge in [0.05, 0.1) is 10.9 Å². The number of carbonyl (C=O) groups excluding carboxylic acids is 3. The van der Waals surface area contributed by atoms with Crippen LogP contribution in [0.5, 0.6) is 0 Å². The topological polar surface area (TPSA) is 100 Å². The van der Waals surface area contributed by atoms with Gasteiger partial charge in [-0.25, -0.2) is 4.98 Å². The van der Waals surface area contributed by atoms with E-state index in [1.54, 1.807) is 84.9 Å². The molecule has 0 spiro atoms. The minimum atomic E-state index is -0.531. The Morgan fingerprint density at radius 2 is 1.63 bits per heavy atom. The van der Waals surface area contributed by atoms with Gasteiger partial charge in [-0.2, -0.15) is 0 Å². The lowest BCUT2D eigenvalue weighted by atomic mass is 10.1. The molecule has 3 amide bonds. The molecule has 0 saturated heterocycles. The lowest BCUT2D eigenvalue weighted by molar-refractivity contribution is -0.116. The van der Waals surface area contributed by atoms with Crippen LogP contribution >= 0.6 is 46.3 Å². The number of thioether (sulfide) groups is 1. The van der Waals surface area contributed by atoms with Crippen molar-refractivity contribution in [3.05, 3.63) is 135 Å². The molecule has 3 N–H and O–H groups in total. The van der Waals surface area contributed by atoms with E-state index in [1.165, 1.54) is 29.2 Å². The number of thiazole rings is 1. The Morgan fingerprint density at radius 3 is 2.37 bits per heavy atom.